The van der Waals surface area contributed by atoms with Crippen LogP contribution >= 0.6 is 11.8 Å². The molecule has 0 atom stereocenters. The first kappa shape index (κ1) is 11.7. The van der Waals surface area contributed by atoms with E-state index in [0.717, 1.165) is 11.1 Å². The molecule has 86 valence electrons. The van der Waals surface area contributed by atoms with E-state index < -0.39 is 0 Å². The van der Waals surface area contributed by atoms with Crippen molar-refractivity contribution in [3.8, 4) is 0 Å². The van der Waals surface area contributed by atoms with E-state index in [4.69, 9.17) is 0 Å². The highest BCUT2D eigenvalue weighted by Gasteiger charge is 1.97. The van der Waals surface area contributed by atoms with Crippen LogP contribution in [0.3, 0.4) is 0 Å². The molecule has 0 radical (unpaired) electrons. The second-order valence-electron chi connectivity index (χ2n) is 3.41. The number of nitrogens with one attached hydrogen (secondary N) is 1. The molecule has 2 rings (SSSR count). The van der Waals surface area contributed by atoms with Crippen LogP contribution in [0.15, 0.2) is 47.5 Å². The van der Waals surface area contributed by atoms with E-state index in [0.29, 0.717) is 11.6 Å². The molecule has 1 amide bonds. The highest BCUT2D eigenvalue weighted by Crippen LogP contribution is 2.21. The second kappa shape index (κ2) is 5.50. The van der Waals surface area contributed by atoms with Gasteiger partial charge in [-0.2, -0.15) is 0 Å². The summed E-state index contributed by atoms with van der Waals surface area (Å²) in [7, 11) is 0. The topological polar surface area (TPSA) is 41.5 Å². The number of amidine groups is 1. The lowest BCUT2D eigenvalue weighted by atomic mass is 10.1. The monoisotopic (exact) mass is 244 g/mol. The lowest BCUT2D eigenvalue weighted by Gasteiger charge is -2.02. The van der Waals surface area contributed by atoms with E-state index in [1.54, 1.807) is 0 Å². The quantitative estimate of drug-likeness (QED) is 0.501. The summed E-state index contributed by atoms with van der Waals surface area (Å²) >= 11 is 1.40. The minimum absolute atomic E-state index is 0.593. The maximum atomic E-state index is 10.4. The van der Waals surface area contributed by atoms with Crippen molar-refractivity contribution in [3.05, 3.63) is 42.5 Å². The smallest absolute Gasteiger partial charge is 0.213 e. The number of benzene rings is 2. The highest BCUT2D eigenvalue weighted by molar-refractivity contribution is 8.13. The number of rotatable bonds is 2. The molecule has 0 heterocycles. The predicted molar refractivity (Wildman–Crippen MR) is 73.8 cm³/mol. The molecule has 0 saturated carbocycles. The molecule has 3 nitrogen and oxygen atoms in total. The van der Waals surface area contributed by atoms with E-state index in [-0.39, 0.29) is 0 Å². The molecular formula is C13H12N2OS. The molecule has 0 aliphatic carbocycles. The van der Waals surface area contributed by atoms with Crippen molar-refractivity contribution in [3.63, 3.8) is 0 Å². The van der Waals surface area contributed by atoms with Crippen LogP contribution in [0.2, 0.25) is 0 Å². The van der Waals surface area contributed by atoms with Crippen molar-refractivity contribution in [2.24, 2.45) is 4.99 Å². The average Bonchev–Trinajstić information content (AvgIpc) is 2.38. The summed E-state index contributed by atoms with van der Waals surface area (Å²) in [5.41, 5.74) is 0.836. The Morgan fingerprint density at radius 2 is 2.00 bits per heavy atom. The molecule has 0 aliphatic heterocycles. The molecule has 17 heavy (non-hydrogen) atoms. The SMILES string of the molecule is CSC(=Nc1ccc2ccccc2c1)NC=O. The van der Waals surface area contributed by atoms with Gasteiger partial charge in [0.25, 0.3) is 0 Å². The molecule has 0 fully saturated rings. The van der Waals surface area contributed by atoms with Gasteiger partial charge in [-0.05, 0) is 29.2 Å². The highest BCUT2D eigenvalue weighted by atomic mass is 32.2. The maximum absolute atomic E-state index is 10.4. The summed E-state index contributed by atoms with van der Waals surface area (Å²) in [4.78, 5) is 14.7. The first-order valence-corrected chi connectivity index (χ1v) is 6.37. The Balaban J connectivity index is 2.39. The van der Waals surface area contributed by atoms with Crippen LogP contribution in [-0.4, -0.2) is 17.8 Å². The molecule has 0 bridgehead atoms. The summed E-state index contributed by atoms with van der Waals surface area (Å²) < 4.78 is 0. The number of aliphatic imine (C=N–C) groups is 1. The first-order chi connectivity index (χ1) is 8.33. The number of thioether (sulfide) groups is 1. The van der Waals surface area contributed by atoms with E-state index in [2.05, 4.69) is 16.4 Å². The molecule has 0 unspecified atom stereocenters. The van der Waals surface area contributed by atoms with Gasteiger partial charge in [0.2, 0.25) is 6.41 Å². The molecule has 0 aliphatic rings. The summed E-state index contributed by atoms with van der Waals surface area (Å²) in [6.45, 7) is 0. The fraction of sp³-hybridized carbons (Fsp3) is 0.0769. The molecule has 2 aromatic rings. The van der Waals surface area contributed by atoms with Gasteiger partial charge in [-0.15, -0.1) is 0 Å². The standard InChI is InChI=1S/C13H12N2OS/c1-17-13(14-9-16)15-12-7-6-10-4-2-3-5-11(10)8-12/h2-9H,1H3,(H,14,15,16). The third-order valence-corrected chi connectivity index (χ3v) is 2.94. The normalized spacial score (nSPS) is 11.5. The van der Waals surface area contributed by atoms with Crippen LogP contribution in [0.1, 0.15) is 0 Å². The van der Waals surface area contributed by atoms with Crippen molar-refractivity contribution in [2.75, 3.05) is 6.26 Å². The first-order valence-electron chi connectivity index (χ1n) is 5.15. The summed E-state index contributed by atoms with van der Waals surface area (Å²) in [6, 6.07) is 14.1. The van der Waals surface area contributed by atoms with Crippen molar-refractivity contribution in [2.45, 2.75) is 0 Å². The van der Waals surface area contributed by atoms with Crippen LogP contribution in [0.25, 0.3) is 10.8 Å². The lowest BCUT2D eigenvalue weighted by molar-refractivity contribution is -0.108. The Kier molecular flexibility index (Phi) is 3.77. The number of hydrogen-bond donors (Lipinski definition) is 1. The second-order valence-corrected chi connectivity index (χ2v) is 4.21. The fourth-order valence-corrected chi connectivity index (χ4v) is 1.91. The van der Waals surface area contributed by atoms with Crippen LogP contribution in [0.5, 0.6) is 0 Å². The Labute approximate surface area is 104 Å². The van der Waals surface area contributed by atoms with Gasteiger partial charge in [-0.25, -0.2) is 4.99 Å². The minimum Gasteiger partial charge on any atom is -0.308 e. The third kappa shape index (κ3) is 2.85. The maximum Gasteiger partial charge on any atom is 0.213 e. The van der Waals surface area contributed by atoms with Crippen LogP contribution in [0, 0.1) is 0 Å². The number of hydrogen-bond acceptors (Lipinski definition) is 3. The van der Waals surface area contributed by atoms with Crippen molar-refractivity contribution in [1.29, 1.82) is 0 Å². The number of carbonyl (C=O) groups excluding carboxylic acids is 1. The molecule has 1 N–H and O–H groups in total. The number of amides is 1. The summed E-state index contributed by atoms with van der Waals surface area (Å²) in [5.74, 6) is 0. The Morgan fingerprint density at radius 3 is 2.71 bits per heavy atom. The van der Waals surface area contributed by atoms with Crippen LogP contribution in [0.4, 0.5) is 5.69 Å². The van der Waals surface area contributed by atoms with Crippen LogP contribution < -0.4 is 5.32 Å². The van der Waals surface area contributed by atoms with Crippen molar-refractivity contribution >= 4 is 39.8 Å². The van der Waals surface area contributed by atoms with Gasteiger partial charge in [-0.3, -0.25) is 4.79 Å². The van der Waals surface area contributed by atoms with Crippen molar-refractivity contribution in [1.82, 2.24) is 5.32 Å². The zero-order valence-electron chi connectivity index (χ0n) is 9.38. The van der Waals surface area contributed by atoms with Gasteiger partial charge in [0.05, 0.1) is 5.69 Å². The van der Waals surface area contributed by atoms with E-state index in [1.807, 2.05) is 42.7 Å². The molecule has 0 saturated heterocycles. The minimum atomic E-state index is 0.593. The van der Waals surface area contributed by atoms with Gasteiger partial charge in [-0.1, -0.05) is 42.1 Å². The van der Waals surface area contributed by atoms with Gasteiger partial charge in [0, 0.05) is 0 Å². The number of fused-ring (bicyclic) bond motifs is 1. The number of nitrogens with zero attached hydrogens (tertiary/aromatic N) is 1. The Bertz CT molecular complexity index is 566. The van der Waals surface area contributed by atoms with Crippen LogP contribution in [-0.2, 0) is 4.79 Å². The molecule has 2 aromatic carbocycles. The summed E-state index contributed by atoms with van der Waals surface area (Å²) in [5, 5.41) is 5.47. The van der Waals surface area contributed by atoms with Gasteiger partial charge < -0.3 is 5.32 Å². The Morgan fingerprint density at radius 1 is 1.24 bits per heavy atom. The molecule has 4 heteroatoms. The molecule has 0 spiro atoms. The lowest BCUT2D eigenvalue weighted by Crippen LogP contribution is -2.17. The summed E-state index contributed by atoms with van der Waals surface area (Å²) in [6.07, 6.45) is 2.51. The zero-order chi connectivity index (χ0) is 12.1. The average molecular weight is 244 g/mol. The fourth-order valence-electron chi connectivity index (χ4n) is 1.55. The third-order valence-electron chi connectivity index (χ3n) is 2.34. The molecule has 0 aromatic heterocycles. The van der Waals surface area contributed by atoms with E-state index in [1.165, 1.54) is 17.1 Å². The number of carbonyl (C=O) groups is 1. The van der Waals surface area contributed by atoms with Crippen molar-refractivity contribution < 1.29 is 4.79 Å². The van der Waals surface area contributed by atoms with E-state index in [9.17, 15) is 4.79 Å². The van der Waals surface area contributed by atoms with Gasteiger partial charge >= 0.3 is 0 Å². The molecular weight excluding hydrogens is 232 g/mol. The van der Waals surface area contributed by atoms with Gasteiger partial charge in [0.15, 0.2) is 5.17 Å². The predicted octanol–water partition coefficient (Wildman–Crippen LogP) is 2.94. The van der Waals surface area contributed by atoms with E-state index >= 15 is 0 Å². The van der Waals surface area contributed by atoms with Gasteiger partial charge in [0.1, 0.15) is 0 Å². The Hall–Kier alpha value is -1.81. The zero-order valence-corrected chi connectivity index (χ0v) is 10.2. The largest absolute Gasteiger partial charge is 0.308 e.